The number of methoxy groups -OCH3 is 1. The summed E-state index contributed by atoms with van der Waals surface area (Å²) in [6.45, 7) is 5.05. The van der Waals surface area contributed by atoms with E-state index >= 15 is 0 Å². The lowest BCUT2D eigenvalue weighted by molar-refractivity contribution is 0.115. The molecule has 0 unspecified atom stereocenters. The second-order valence-electron chi connectivity index (χ2n) is 5.01. The van der Waals surface area contributed by atoms with Crippen LogP contribution in [0.15, 0.2) is 12.3 Å². The van der Waals surface area contributed by atoms with Gasteiger partial charge in [0.15, 0.2) is 0 Å². The van der Waals surface area contributed by atoms with Crippen molar-refractivity contribution in [3.05, 3.63) is 18.1 Å². The maximum Gasteiger partial charge on any atom is 0.133 e. The van der Waals surface area contributed by atoms with Gasteiger partial charge in [0.25, 0.3) is 0 Å². The van der Waals surface area contributed by atoms with E-state index in [4.69, 9.17) is 4.74 Å². The van der Waals surface area contributed by atoms with Crippen LogP contribution in [-0.2, 0) is 4.74 Å². The van der Waals surface area contributed by atoms with Gasteiger partial charge in [0.05, 0.1) is 18.8 Å². The summed E-state index contributed by atoms with van der Waals surface area (Å²) in [4.78, 5) is 11.0. The summed E-state index contributed by atoms with van der Waals surface area (Å²) in [5, 5.41) is 9.45. The average Bonchev–Trinajstić information content (AvgIpc) is 2.82. The van der Waals surface area contributed by atoms with Crippen LogP contribution in [-0.4, -0.2) is 47.5 Å². The number of aromatic nitrogens is 2. The molecule has 0 aromatic carbocycles. The van der Waals surface area contributed by atoms with E-state index in [0.29, 0.717) is 5.92 Å². The summed E-state index contributed by atoms with van der Waals surface area (Å²) in [6.07, 6.45) is 2.79. The zero-order chi connectivity index (χ0) is 13.1. The van der Waals surface area contributed by atoms with E-state index in [1.54, 1.807) is 13.3 Å². The van der Waals surface area contributed by atoms with Crippen molar-refractivity contribution in [1.82, 2.24) is 9.97 Å². The van der Waals surface area contributed by atoms with Crippen molar-refractivity contribution in [3.8, 4) is 0 Å². The highest BCUT2D eigenvalue weighted by molar-refractivity contribution is 5.41. The lowest BCUT2D eigenvalue weighted by Gasteiger charge is -2.24. The van der Waals surface area contributed by atoms with Crippen molar-refractivity contribution in [3.63, 3.8) is 0 Å². The van der Waals surface area contributed by atoms with E-state index in [2.05, 4.69) is 28.7 Å². The third-order valence-electron chi connectivity index (χ3n) is 3.39. The number of hydrogen-bond donors (Lipinski definition) is 1. The van der Waals surface area contributed by atoms with Gasteiger partial charge < -0.3 is 14.7 Å². The molecule has 2 rings (SSSR count). The van der Waals surface area contributed by atoms with Gasteiger partial charge >= 0.3 is 0 Å². The molecule has 1 saturated heterocycles. The molecule has 5 nitrogen and oxygen atoms in total. The Bertz CT molecular complexity index is 398. The second kappa shape index (κ2) is 5.63. The van der Waals surface area contributed by atoms with Gasteiger partial charge in [-0.3, -0.25) is 0 Å². The van der Waals surface area contributed by atoms with Crippen molar-refractivity contribution in [2.24, 2.45) is 0 Å². The van der Waals surface area contributed by atoms with Crippen LogP contribution in [0.5, 0.6) is 0 Å². The third kappa shape index (κ3) is 2.62. The summed E-state index contributed by atoms with van der Waals surface area (Å²) in [6, 6.07) is 1.98. The molecule has 0 bridgehead atoms. The predicted molar refractivity (Wildman–Crippen MR) is 69.8 cm³/mol. The molecular formula is C13H21N3O2. The van der Waals surface area contributed by atoms with Crippen molar-refractivity contribution in [2.75, 3.05) is 25.2 Å². The van der Waals surface area contributed by atoms with Crippen LogP contribution in [0.25, 0.3) is 0 Å². The van der Waals surface area contributed by atoms with Gasteiger partial charge in [-0.15, -0.1) is 0 Å². The zero-order valence-electron chi connectivity index (χ0n) is 11.2. The van der Waals surface area contributed by atoms with Gasteiger partial charge in [0.1, 0.15) is 11.6 Å². The molecule has 1 aliphatic rings. The highest BCUT2D eigenvalue weighted by Crippen LogP contribution is 2.25. The quantitative estimate of drug-likeness (QED) is 0.871. The van der Waals surface area contributed by atoms with E-state index in [1.165, 1.54) is 0 Å². The minimum absolute atomic E-state index is 0.0878. The molecule has 1 fully saturated rings. The number of rotatable bonds is 4. The molecule has 2 heterocycles. The van der Waals surface area contributed by atoms with E-state index in [-0.39, 0.29) is 18.8 Å². The number of hydrogen-bond acceptors (Lipinski definition) is 5. The predicted octanol–water partition coefficient (Wildman–Crippen LogP) is 1.19. The second-order valence-corrected chi connectivity index (χ2v) is 5.01. The molecule has 0 saturated carbocycles. The molecule has 1 aliphatic heterocycles. The van der Waals surface area contributed by atoms with Crippen LogP contribution in [0.3, 0.4) is 0 Å². The third-order valence-corrected chi connectivity index (χ3v) is 3.39. The van der Waals surface area contributed by atoms with E-state index in [1.807, 2.05) is 6.07 Å². The highest BCUT2D eigenvalue weighted by Gasteiger charge is 2.32. The fourth-order valence-corrected chi connectivity index (χ4v) is 2.30. The molecule has 1 N–H and O–H groups in total. The molecule has 1 aromatic heterocycles. The first-order chi connectivity index (χ1) is 8.65. The van der Waals surface area contributed by atoms with Crippen molar-refractivity contribution in [2.45, 2.75) is 38.3 Å². The molecule has 0 amide bonds. The van der Waals surface area contributed by atoms with Gasteiger partial charge in [0.2, 0.25) is 0 Å². The van der Waals surface area contributed by atoms with Crippen LogP contribution >= 0.6 is 0 Å². The summed E-state index contributed by atoms with van der Waals surface area (Å²) >= 11 is 0. The Morgan fingerprint density at radius 3 is 2.94 bits per heavy atom. The Morgan fingerprint density at radius 1 is 1.56 bits per heavy atom. The highest BCUT2D eigenvalue weighted by atomic mass is 16.5. The van der Waals surface area contributed by atoms with Gasteiger partial charge in [0, 0.05) is 25.8 Å². The lowest BCUT2D eigenvalue weighted by atomic mass is 10.2. The first kappa shape index (κ1) is 13.2. The van der Waals surface area contributed by atoms with Crippen LogP contribution < -0.4 is 4.90 Å². The summed E-state index contributed by atoms with van der Waals surface area (Å²) in [7, 11) is 1.71. The number of nitrogens with zero attached hydrogens (tertiary/aromatic N) is 3. The average molecular weight is 251 g/mol. The Balaban J connectivity index is 2.22. The zero-order valence-corrected chi connectivity index (χ0v) is 11.2. The van der Waals surface area contributed by atoms with Crippen LogP contribution in [0, 0.1) is 0 Å². The van der Waals surface area contributed by atoms with Crippen molar-refractivity contribution in [1.29, 1.82) is 0 Å². The first-order valence-corrected chi connectivity index (χ1v) is 6.39. The largest absolute Gasteiger partial charge is 0.394 e. The number of ether oxygens (including phenoxy) is 1. The monoisotopic (exact) mass is 251 g/mol. The van der Waals surface area contributed by atoms with Crippen molar-refractivity contribution < 1.29 is 9.84 Å². The number of aliphatic hydroxyl groups excluding tert-OH is 1. The van der Waals surface area contributed by atoms with Crippen LogP contribution in [0.4, 0.5) is 5.82 Å². The Labute approximate surface area is 108 Å². The van der Waals surface area contributed by atoms with Gasteiger partial charge in [-0.05, 0) is 12.5 Å². The normalized spacial score (nSPS) is 23.9. The molecule has 0 radical (unpaired) electrons. The number of aliphatic hydroxyl groups is 1. The molecule has 5 heteroatoms. The molecule has 1 aromatic rings. The van der Waals surface area contributed by atoms with E-state index in [0.717, 1.165) is 24.6 Å². The topological polar surface area (TPSA) is 58.5 Å². The SMILES string of the molecule is CO[C@@H]1C[C@@H](CO)N(c2ccnc(C(C)C)n2)C1. The Morgan fingerprint density at radius 2 is 2.33 bits per heavy atom. The fourth-order valence-electron chi connectivity index (χ4n) is 2.30. The molecule has 2 atom stereocenters. The molecule has 100 valence electrons. The fraction of sp³-hybridized carbons (Fsp3) is 0.692. The van der Waals surface area contributed by atoms with Crippen LogP contribution in [0.2, 0.25) is 0 Å². The smallest absolute Gasteiger partial charge is 0.133 e. The summed E-state index contributed by atoms with van der Waals surface area (Å²) in [5.41, 5.74) is 0. The van der Waals surface area contributed by atoms with Gasteiger partial charge in [-0.25, -0.2) is 9.97 Å². The maximum atomic E-state index is 9.45. The minimum atomic E-state index is 0.0878. The minimum Gasteiger partial charge on any atom is -0.394 e. The number of anilines is 1. The van der Waals surface area contributed by atoms with Gasteiger partial charge in [-0.1, -0.05) is 13.8 Å². The standard InChI is InChI=1S/C13H21N3O2/c1-9(2)13-14-5-4-12(15-13)16-7-11(18-3)6-10(16)8-17/h4-5,9-11,17H,6-8H2,1-3H3/t10-,11+/m0/s1. The molecule has 18 heavy (non-hydrogen) atoms. The molecular weight excluding hydrogens is 230 g/mol. The molecule has 0 aliphatic carbocycles. The van der Waals surface area contributed by atoms with Crippen LogP contribution in [0.1, 0.15) is 32.0 Å². The molecule has 0 spiro atoms. The van der Waals surface area contributed by atoms with Gasteiger partial charge in [-0.2, -0.15) is 0 Å². The van der Waals surface area contributed by atoms with E-state index < -0.39 is 0 Å². The lowest BCUT2D eigenvalue weighted by Crippen LogP contribution is -2.33. The van der Waals surface area contributed by atoms with E-state index in [9.17, 15) is 5.11 Å². The Hall–Kier alpha value is -1.20. The maximum absolute atomic E-state index is 9.45. The first-order valence-electron chi connectivity index (χ1n) is 6.39. The Kier molecular flexibility index (Phi) is 4.14. The summed E-state index contributed by atoms with van der Waals surface area (Å²) < 4.78 is 5.38. The van der Waals surface area contributed by atoms with Crippen molar-refractivity contribution >= 4 is 5.82 Å². The summed E-state index contributed by atoms with van der Waals surface area (Å²) in [5.74, 6) is 2.02.